The Balaban J connectivity index is 2.32. The molecule has 21 heavy (non-hydrogen) atoms. The monoisotopic (exact) mass is 318 g/mol. The second-order valence-electron chi connectivity index (χ2n) is 5.23. The number of aryl methyl sites for hydroxylation is 3. The molecule has 108 valence electrons. The lowest BCUT2D eigenvalue weighted by Gasteiger charge is -2.12. The number of hydrogen-bond acceptors (Lipinski definition) is 1. The number of nitrogens with zero attached hydrogens (tertiary/aromatic N) is 2. The zero-order valence-corrected chi connectivity index (χ0v) is 13.5. The highest BCUT2D eigenvalue weighted by atomic mass is 35.5. The minimum atomic E-state index is 0.544. The zero-order chi connectivity index (χ0) is 15.0. The number of rotatable bonds is 3. The molecule has 0 unspecified atom stereocenters. The molecule has 0 radical (unpaired) electrons. The van der Waals surface area contributed by atoms with Crippen molar-refractivity contribution in [3.05, 3.63) is 58.4 Å². The van der Waals surface area contributed by atoms with Gasteiger partial charge in [-0.3, -0.25) is 4.57 Å². The molecule has 2 nitrogen and oxygen atoms in total. The number of imidazole rings is 1. The predicted octanol–water partition coefficient (Wildman–Crippen LogP) is 5.08. The van der Waals surface area contributed by atoms with Crippen molar-refractivity contribution >= 4 is 34.2 Å². The Labute approximate surface area is 134 Å². The number of hydrogen-bond donors (Lipinski definition) is 0. The summed E-state index contributed by atoms with van der Waals surface area (Å²) in [5, 5.41) is 0.714. The molecular formula is C17H16Cl2N2. The molecule has 0 saturated heterocycles. The second kappa shape index (κ2) is 5.70. The van der Waals surface area contributed by atoms with Crippen LogP contribution < -0.4 is 0 Å². The highest BCUT2D eigenvalue weighted by molar-refractivity contribution is 6.31. The summed E-state index contributed by atoms with van der Waals surface area (Å²) < 4.78 is 2.17. The Morgan fingerprint density at radius 3 is 2.62 bits per heavy atom. The normalized spacial score (nSPS) is 11.2. The van der Waals surface area contributed by atoms with Crippen molar-refractivity contribution in [3.8, 4) is 5.69 Å². The van der Waals surface area contributed by atoms with Gasteiger partial charge in [-0.25, -0.2) is 4.98 Å². The molecule has 0 atom stereocenters. The summed E-state index contributed by atoms with van der Waals surface area (Å²) >= 11 is 12.1. The Morgan fingerprint density at radius 2 is 1.90 bits per heavy atom. The molecule has 0 amide bonds. The lowest BCUT2D eigenvalue weighted by molar-refractivity contribution is 0.906. The number of aromatic nitrogens is 2. The molecule has 0 saturated carbocycles. The maximum absolute atomic E-state index is 6.16. The summed E-state index contributed by atoms with van der Waals surface area (Å²) in [6.07, 6.45) is 0.723. The van der Waals surface area contributed by atoms with E-state index < -0.39 is 0 Å². The van der Waals surface area contributed by atoms with E-state index in [4.69, 9.17) is 28.2 Å². The van der Waals surface area contributed by atoms with Crippen molar-refractivity contribution in [2.75, 3.05) is 5.88 Å². The first-order valence-electron chi connectivity index (χ1n) is 6.90. The second-order valence-corrected chi connectivity index (χ2v) is 6.04. The quantitative estimate of drug-likeness (QED) is 0.616. The molecule has 0 spiro atoms. The van der Waals surface area contributed by atoms with Crippen LogP contribution in [-0.2, 0) is 6.42 Å². The summed E-state index contributed by atoms with van der Waals surface area (Å²) in [4.78, 5) is 4.70. The average molecular weight is 319 g/mol. The van der Waals surface area contributed by atoms with E-state index in [0.29, 0.717) is 10.9 Å². The fourth-order valence-corrected chi connectivity index (χ4v) is 3.01. The van der Waals surface area contributed by atoms with Gasteiger partial charge in [-0.2, -0.15) is 0 Å². The van der Waals surface area contributed by atoms with E-state index in [2.05, 4.69) is 36.6 Å². The predicted molar refractivity (Wildman–Crippen MR) is 90.0 cm³/mol. The molecule has 2 aromatic carbocycles. The summed E-state index contributed by atoms with van der Waals surface area (Å²) in [5.41, 5.74) is 5.56. The first kappa shape index (κ1) is 14.4. The Bertz CT molecular complexity index is 806. The van der Waals surface area contributed by atoms with Gasteiger partial charge in [0.1, 0.15) is 5.82 Å². The smallest absolute Gasteiger partial charge is 0.115 e. The fraction of sp³-hybridized carbons (Fsp3) is 0.235. The molecule has 4 heteroatoms. The van der Waals surface area contributed by atoms with Crippen LogP contribution >= 0.6 is 23.2 Å². The molecule has 3 aromatic rings. The summed E-state index contributed by atoms with van der Waals surface area (Å²) in [7, 11) is 0. The van der Waals surface area contributed by atoms with Gasteiger partial charge in [-0.1, -0.05) is 29.3 Å². The van der Waals surface area contributed by atoms with Gasteiger partial charge in [-0.05, 0) is 43.7 Å². The molecule has 1 aromatic heterocycles. The minimum absolute atomic E-state index is 0.544. The van der Waals surface area contributed by atoms with Crippen molar-refractivity contribution in [1.82, 2.24) is 9.55 Å². The topological polar surface area (TPSA) is 17.8 Å². The highest BCUT2D eigenvalue weighted by Crippen LogP contribution is 2.27. The van der Waals surface area contributed by atoms with E-state index in [1.54, 1.807) is 0 Å². The van der Waals surface area contributed by atoms with Crippen LogP contribution in [-0.4, -0.2) is 15.4 Å². The van der Waals surface area contributed by atoms with Crippen LogP contribution in [0.15, 0.2) is 36.4 Å². The largest absolute Gasteiger partial charge is 0.296 e. The van der Waals surface area contributed by atoms with Gasteiger partial charge in [0.05, 0.1) is 16.7 Å². The maximum Gasteiger partial charge on any atom is 0.115 e. The van der Waals surface area contributed by atoms with Gasteiger partial charge >= 0.3 is 0 Å². The van der Waals surface area contributed by atoms with Crippen molar-refractivity contribution < 1.29 is 0 Å². The average Bonchev–Trinajstić information content (AvgIpc) is 2.77. The molecule has 0 fully saturated rings. The third-order valence-corrected chi connectivity index (χ3v) is 4.02. The van der Waals surface area contributed by atoms with Gasteiger partial charge in [-0.15, -0.1) is 11.6 Å². The van der Waals surface area contributed by atoms with E-state index >= 15 is 0 Å². The molecule has 0 bridgehead atoms. The van der Waals surface area contributed by atoms with Crippen molar-refractivity contribution in [3.63, 3.8) is 0 Å². The molecular weight excluding hydrogens is 303 g/mol. The number of halogens is 2. The number of alkyl halides is 1. The fourth-order valence-electron chi connectivity index (χ4n) is 2.68. The van der Waals surface area contributed by atoms with Crippen LogP contribution in [0.1, 0.15) is 17.0 Å². The van der Waals surface area contributed by atoms with Gasteiger partial charge in [0.2, 0.25) is 0 Å². The molecule has 0 aliphatic carbocycles. The van der Waals surface area contributed by atoms with Gasteiger partial charge in [0, 0.05) is 17.3 Å². The zero-order valence-electron chi connectivity index (χ0n) is 12.0. The third-order valence-electron chi connectivity index (χ3n) is 3.60. The number of benzene rings is 2. The summed E-state index contributed by atoms with van der Waals surface area (Å²) in [5.74, 6) is 1.51. The first-order chi connectivity index (χ1) is 10.1. The van der Waals surface area contributed by atoms with Crippen LogP contribution in [0.2, 0.25) is 5.02 Å². The number of fused-ring (bicyclic) bond motifs is 1. The molecule has 3 rings (SSSR count). The summed E-state index contributed by atoms with van der Waals surface area (Å²) in [6.45, 7) is 4.21. The van der Waals surface area contributed by atoms with Gasteiger partial charge in [0.15, 0.2) is 0 Å². The van der Waals surface area contributed by atoms with Gasteiger partial charge in [0.25, 0.3) is 0 Å². The SMILES string of the molecule is Cc1ccc(-n2c(CCCl)nc3ccc(Cl)cc32)c(C)c1. The summed E-state index contributed by atoms with van der Waals surface area (Å²) in [6, 6.07) is 12.2. The molecule has 0 aliphatic rings. The first-order valence-corrected chi connectivity index (χ1v) is 7.82. The van der Waals surface area contributed by atoms with E-state index in [0.717, 1.165) is 29.0 Å². The van der Waals surface area contributed by atoms with Crippen LogP contribution in [0.4, 0.5) is 0 Å². The van der Waals surface area contributed by atoms with Crippen LogP contribution in [0.3, 0.4) is 0 Å². The van der Waals surface area contributed by atoms with Crippen LogP contribution in [0.5, 0.6) is 0 Å². The van der Waals surface area contributed by atoms with Crippen molar-refractivity contribution in [1.29, 1.82) is 0 Å². The van der Waals surface area contributed by atoms with Crippen molar-refractivity contribution in [2.45, 2.75) is 20.3 Å². The van der Waals surface area contributed by atoms with E-state index in [9.17, 15) is 0 Å². The van der Waals surface area contributed by atoms with E-state index in [1.807, 2.05) is 18.2 Å². The Hall–Kier alpha value is -1.51. The van der Waals surface area contributed by atoms with Gasteiger partial charge < -0.3 is 0 Å². The lowest BCUT2D eigenvalue weighted by Crippen LogP contribution is -2.04. The lowest BCUT2D eigenvalue weighted by atomic mass is 10.1. The van der Waals surface area contributed by atoms with Crippen LogP contribution in [0.25, 0.3) is 16.7 Å². The Kier molecular flexibility index (Phi) is 3.92. The Morgan fingerprint density at radius 1 is 1.10 bits per heavy atom. The molecule has 1 heterocycles. The molecule has 0 N–H and O–H groups in total. The molecule has 0 aliphatic heterocycles. The van der Waals surface area contributed by atoms with E-state index in [1.165, 1.54) is 11.1 Å². The van der Waals surface area contributed by atoms with E-state index in [-0.39, 0.29) is 0 Å². The standard InChI is InChI=1S/C17H16Cl2N2/c1-11-3-6-15(12(2)9-11)21-16-10-13(19)4-5-14(16)20-17(21)7-8-18/h3-6,9-10H,7-8H2,1-2H3. The maximum atomic E-state index is 6.16. The van der Waals surface area contributed by atoms with Crippen molar-refractivity contribution in [2.24, 2.45) is 0 Å². The highest BCUT2D eigenvalue weighted by Gasteiger charge is 2.14. The minimum Gasteiger partial charge on any atom is -0.296 e. The van der Waals surface area contributed by atoms with Crippen LogP contribution in [0, 0.1) is 13.8 Å². The third kappa shape index (κ3) is 2.66.